The van der Waals surface area contributed by atoms with Gasteiger partial charge >= 0.3 is 11.9 Å². The average molecular weight is 438 g/mol. The molecule has 0 aliphatic rings. The fourth-order valence-corrected chi connectivity index (χ4v) is 3.60. The maximum atomic E-state index is 12.6. The van der Waals surface area contributed by atoms with Crippen molar-refractivity contribution in [1.29, 1.82) is 0 Å². The van der Waals surface area contributed by atoms with E-state index in [4.69, 9.17) is 9.47 Å². The van der Waals surface area contributed by atoms with E-state index in [1.807, 2.05) is 34.9 Å². The Labute approximate surface area is 176 Å². The third-order valence-electron chi connectivity index (χ3n) is 5.18. The van der Waals surface area contributed by atoms with Crippen molar-refractivity contribution in [2.45, 2.75) is 60.3 Å². The number of likely N-dealkylation sites (N-methyl/N-ethyl adjacent to an activating group) is 1. The molecular formula is C20H39NO7S. The molecule has 0 saturated carbocycles. The molecule has 0 spiro atoms. The number of esters is 2. The minimum atomic E-state index is -4.22. The van der Waals surface area contributed by atoms with Gasteiger partial charge in [0.1, 0.15) is 13.2 Å². The SMILES string of the molecule is CCCOC(=O)C(C)(CC)CC(C)(C)C(=O)OCC[N+](C)(C)CCCS(=O)(=O)[O-]. The third kappa shape index (κ3) is 11.0. The third-order valence-corrected chi connectivity index (χ3v) is 5.97. The summed E-state index contributed by atoms with van der Waals surface area (Å²) in [6.45, 7) is 10.7. The van der Waals surface area contributed by atoms with Crippen molar-refractivity contribution < 1.29 is 36.5 Å². The highest BCUT2D eigenvalue weighted by atomic mass is 32.2. The lowest BCUT2D eigenvalue weighted by molar-refractivity contribution is -0.890. The van der Waals surface area contributed by atoms with Crippen molar-refractivity contribution in [3.8, 4) is 0 Å². The molecule has 9 heteroatoms. The van der Waals surface area contributed by atoms with Gasteiger partial charge in [-0.2, -0.15) is 0 Å². The molecule has 0 fully saturated rings. The number of nitrogens with zero attached hydrogens (tertiary/aromatic N) is 1. The molecule has 29 heavy (non-hydrogen) atoms. The predicted octanol–water partition coefficient (Wildman–Crippen LogP) is 2.33. The van der Waals surface area contributed by atoms with E-state index in [9.17, 15) is 22.6 Å². The number of carbonyl (C=O) groups excluding carboxylic acids is 2. The van der Waals surface area contributed by atoms with E-state index in [2.05, 4.69) is 0 Å². The van der Waals surface area contributed by atoms with Crippen LogP contribution in [0, 0.1) is 10.8 Å². The molecule has 8 nitrogen and oxygen atoms in total. The van der Waals surface area contributed by atoms with Crippen molar-refractivity contribution in [1.82, 2.24) is 0 Å². The van der Waals surface area contributed by atoms with Crippen LogP contribution in [0.25, 0.3) is 0 Å². The van der Waals surface area contributed by atoms with Crippen molar-refractivity contribution in [2.24, 2.45) is 10.8 Å². The van der Waals surface area contributed by atoms with Crippen LogP contribution < -0.4 is 0 Å². The lowest BCUT2D eigenvalue weighted by atomic mass is 9.72. The summed E-state index contributed by atoms with van der Waals surface area (Å²) in [5, 5.41) is 0. The highest BCUT2D eigenvalue weighted by Crippen LogP contribution is 2.38. The van der Waals surface area contributed by atoms with Crippen LogP contribution in [0.1, 0.15) is 60.3 Å². The van der Waals surface area contributed by atoms with Crippen LogP contribution in [-0.4, -0.2) is 75.5 Å². The summed E-state index contributed by atoms with van der Waals surface area (Å²) < 4.78 is 43.3. The molecule has 0 heterocycles. The van der Waals surface area contributed by atoms with Gasteiger partial charge in [0.05, 0.1) is 48.2 Å². The Bertz CT molecular complexity index is 643. The molecule has 0 saturated heterocycles. The second-order valence-electron chi connectivity index (χ2n) is 9.25. The van der Waals surface area contributed by atoms with Gasteiger partial charge in [-0.1, -0.05) is 13.8 Å². The largest absolute Gasteiger partial charge is 0.748 e. The quantitative estimate of drug-likeness (QED) is 0.233. The number of quaternary nitrogens is 1. The van der Waals surface area contributed by atoms with Crippen LogP contribution in [0.4, 0.5) is 0 Å². The van der Waals surface area contributed by atoms with Crippen molar-refractivity contribution in [2.75, 3.05) is 46.2 Å². The summed E-state index contributed by atoms with van der Waals surface area (Å²) in [5.74, 6) is -1.08. The van der Waals surface area contributed by atoms with Gasteiger partial charge in [0, 0.05) is 12.2 Å². The zero-order chi connectivity index (χ0) is 22.9. The van der Waals surface area contributed by atoms with Crippen LogP contribution in [0.15, 0.2) is 0 Å². The molecule has 0 aromatic carbocycles. The number of carbonyl (C=O) groups is 2. The zero-order valence-corrected chi connectivity index (χ0v) is 19.9. The molecule has 172 valence electrons. The predicted molar refractivity (Wildman–Crippen MR) is 110 cm³/mol. The van der Waals surface area contributed by atoms with Crippen LogP contribution >= 0.6 is 0 Å². The van der Waals surface area contributed by atoms with Gasteiger partial charge in [-0.05, 0) is 40.0 Å². The molecule has 1 unspecified atom stereocenters. The van der Waals surface area contributed by atoms with Crippen LogP contribution in [0.2, 0.25) is 0 Å². The summed E-state index contributed by atoms with van der Waals surface area (Å²) >= 11 is 0. The Balaban J connectivity index is 4.71. The number of ether oxygens (including phenoxy) is 2. The van der Waals surface area contributed by atoms with Gasteiger partial charge < -0.3 is 18.5 Å². The molecular weight excluding hydrogens is 398 g/mol. The monoisotopic (exact) mass is 437 g/mol. The Kier molecular flexibility index (Phi) is 10.8. The van der Waals surface area contributed by atoms with E-state index in [0.717, 1.165) is 6.42 Å². The van der Waals surface area contributed by atoms with E-state index in [1.54, 1.807) is 13.8 Å². The maximum absolute atomic E-state index is 12.6. The molecule has 0 aliphatic carbocycles. The average Bonchev–Trinajstić information content (AvgIpc) is 2.57. The number of hydrogen-bond acceptors (Lipinski definition) is 7. The number of rotatable bonds is 14. The van der Waals surface area contributed by atoms with Crippen molar-refractivity contribution in [3.05, 3.63) is 0 Å². The van der Waals surface area contributed by atoms with Crippen LogP contribution in [0.5, 0.6) is 0 Å². The standard InChI is InChI=1S/C20H39NO7S/c1-8-13-27-18(23)20(5,9-2)16-19(3,4)17(22)28-14-12-21(6,7)11-10-15-29(24,25)26/h8-16H2,1-7H3. The zero-order valence-electron chi connectivity index (χ0n) is 19.1. The molecule has 0 rings (SSSR count). The minimum absolute atomic E-state index is 0.169. The van der Waals surface area contributed by atoms with E-state index < -0.39 is 26.7 Å². The van der Waals surface area contributed by atoms with E-state index in [-0.39, 0.29) is 25.0 Å². The molecule has 0 radical (unpaired) electrons. The maximum Gasteiger partial charge on any atom is 0.311 e. The van der Waals surface area contributed by atoms with E-state index in [0.29, 0.717) is 37.0 Å². The summed E-state index contributed by atoms with van der Waals surface area (Å²) in [5.41, 5.74) is -1.62. The highest BCUT2D eigenvalue weighted by Gasteiger charge is 2.43. The molecule has 0 bridgehead atoms. The minimum Gasteiger partial charge on any atom is -0.748 e. The van der Waals surface area contributed by atoms with Gasteiger partial charge in [-0.3, -0.25) is 9.59 Å². The van der Waals surface area contributed by atoms with Gasteiger partial charge in [0.15, 0.2) is 0 Å². The fourth-order valence-electron chi connectivity index (χ4n) is 3.12. The summed E-state index contributed by atoms with van der Waals surface area (Å²) in [6.07, 6.45) is 1.87. The highest BCUT2D eigenvalue weighted by molar-refractivity contribution is 7.85. The van der Waals surface area contributed by atoms with Crippen molar-refractivity contribution >= 4 is 22.1 Å². The van der Waals surface area contributed by atoms with Crippen LogP contribution in [0.3, 0.4) is 0 Å². The molecule has 1 atom stereocenters. The summed E-state index contributed by atoms with van der Waals surface area (Å²) in [6, 6.07) is 0. The molecule has 0 amide bonds. The Morgan fingerprint density at radius 2 is 1.52 bits per heavy atom. The summed E-state index contributed by atoms with van der Waals surface area (Å²) in [7, 11) is -0.450. The second kappa shape index (κ2) is 11.3. The topological polar surface area (TPSA) is 110 Å². The number of hydrogen-bond donors (Lipinski definition) is 0. The van der Waals surface area contributed by atoms with Gasteiger partial charge in [0.2, 0.25) is 0 Å². The van der Waals surface area contributed by atoms with Gasteiger partial charge in [-0.25, -0.2) is 8.42 Å². The lowest BCUT2D eigenvalue weighted by Gasteiger charge is -2.34. The molecule has 0 aromatic rings. The first-order valence-corrected chi connectivity index (χ1v) is 11.8. The van der Waals surface area contributed by atoms with Gasteiger partial charge in [-0.15, -0.1) is 0 Å². The first-order chi connectivity index (χ1) is 13.1. The lowest BCUT2D eigenvalue weighted by Crippen LogP contribution is -2.44. The molecule has 0 N–H and O–H groups in total. The normalized spacial score (nSPS) is 14.9. The first kappa shape index (κ1) is 27.8. The Morgan fingerprint density at radius 3 is 2.00 bits per heavy atom. The fraction of sp³-hybridized carbons (Fsp3) is 0.900. The van der Waals surface area contributed by atoms with E-state index in [1.165, 1.54) is 0 Å². The van der Waals surface area contributed by atoms with E-state index >= 15 is 0 Å². The molecule has 0 aliphatic heterocycles. The Morgan fingerprint density at radius 1 is 0.966 bits per heavy atom. The van der Waals surface area contributed by atoms with Crippen LogP contribution in [-0.2, 0) is 29.2 Å². The second-order valence-corrected chi connectivity index (χ2v) is 10.8. The molecule has 0 aromatic heterocycles. The smallest absolute Gasteiger partial charge is 0.311 e. The first-order valence-electron chi connectivity index (χ1n) is 10.2. The Hall–Kier alpha value is -1.19. The van der Waals surface area contributed by atoms with Crippen molar-refractivity contribution in [3.63, 3.8) is 0 Å². The van der Waals surface area contributed by atoms with Gasteiger partial charge in [0.25, 0.3) is 0 Å². The summed E-state index contributed by atoms with van der Waals surface area (Å²) in [4.78, 5) is 25.1.